The molecule has 0 aliphatic carbocycles. The Morgan fingerprint density at radius 1 is 0.976 bits per heavy atom. The van der Waals surface area contributed by atoms with Crippen LogP contribution in [0.5, 0.6) is 11.5 Å². The standard InChI is InChI=1S/C28H26F3N3O6S/c29-28(30,31)40-22-5-1-17(2-6-22)13-26(35)34-11-9-21(10-12-34)39-24-7-3-19(15-23(24)27(32)36)18-4-8-25-20(14-18)16-33-41(25,37)38/h1-8,14-15,21,33H,9-13,16H2,(H2,32,36). The molecule has 3 N–H and O–H groups in total. The third-order valence-corrected chi connectivity index (χ3v) is 8.48. The predicted molar refractivity (Wildman–Crippen MR) is 141 cm³/mol. The maximum atomic E-state index is 12.7. The molecule has 2 aliphatic heterocycles. The minimum absolute atomic E-state index is 0.0375. The number of fused-ring (bicyclic) bond motifs is 1. The normalized spacial score (nSPS) is 16.7. The van der Waals surface area contributed by atoms with E-state index in [2.05, 4.69) is 9.46 Å². The number of sulfonamides is 1. The molecule has 1 saturated heterocycles. The number of halogens is 3. The number of carbonyl (C=O) groups excluding carboxylic acids is 2. The van der Waals surface area contributed by atoms with Gasteiger partial charge in [-0.3, -0.25) is 9.59 Å². The lowest BCUT2D eigenvalue weighted by Crippen LogP contribution is -2.42. The number of hydrogen-bond donors (Lipinski definition) is 2. The molecule has 3 aromatic rings. The molecule has 0 radical (unpaired) electrons. The molecule has 41 heavy (non-hydrogen) atoms. The Balaban J connectivity index is 1.19. The summed E-state index contributed by atoms with van der Waals surface area (Å²) >= 11 is 0. The van der Waals surface area contributed by atoms with E-state index in [9.17, 15) is 31.2 Å². The van der Waals surface area contributed by atoms with Crippen LogP contribution in [0.2, 0.25) is 0 Å². The Morgan fingerprint density at radius 3 is 2.29 bits per heavy atom. The average molecular weight is 590 g/mol. The van der Waals surface area contributed by atoms with Gasteiger partial charge in [0.2, 0.25) is 15.9 Å². The van der Waals surface area contributed by atoms with E-state index in [-0.39, 0.29) is 41.2 Å². The van der Waals surface area contributed by atoms with E-state index in [1.165, 1.54) is 30.3 Å². The van der Waals surface area contributed by atoms with Crippen molar-refractivity contribution in [3.63, 3.8) is 0 Å². The van der Waals surface area contributed by atoms with Crippen LogP contribution in [0.4, 0.5) is 13.2 Å². The molecule has 216 valence electrons. The molecule has 2 amide bonds. The quantitative estimate of drug-likeness (QED) is 0.432. The number of benzene rings is 3. The lowest BCUT2D eigenvalue weighted by molar-refractivity contribution is -0.274. The van der Waals surface area contributed by atoms with Crippen LogP contribution in [0.15, 0.2) is 65.6 Å². The minimum atomic E-state index is -4.78. The number of carbonyl (C=O) groups is 2. The first-order valence-corrected chi connectivity index (χ1v) is 14.2. The van der Waals surface area contributed by atoms with Gasteiger partial charge in [-0.05, 0) is 58.7 Å². The van der Waals surface area contributed by atoms with E-state index in [1.54, 1.807) is 35.2 Å². The third kappa shape index (κ3) is 6.63. The summed E-state index contributed by atoms with van der Waals surface area (Å²) in [6, 6.07) is 15.2. The molecule has 9 nitrogen and oxygen atoms in total. The molecule has 0 aromatic heterocycles. The molecule has 13 heteroatoms. The smallest absolute Gasteiger partial charge is 0.489 e. The van der Waals surface area contributed by atoms with E-state index in [4.69, 9.17) is 10.5 Å². The zero-order valence-corrected chi connectivity index (χ0v) is 22.4. The zero-order chi connectivity index (χ0) is 29.4. The van der Waals surface area contributed by atoms with Crippen LogP contribution in [0.3, 0.4) is 0 Å². The van der Waals surface area contributed by atoms with E-state index in [0.29, 0.717) is 48.4 Å². The van der Waals surface area contributed by atoms with Crippen LogP contribution in [0.1, 0.15) is 34.3 Å². The van der Waals surface area contributed by atoms with Crippen LogP contribution in [-0.4, -0.2) is 50.7 Å². The van der Waals surface area contributed by atoms with Crippen molar-refractivity contribution >= 4 is 21.8 Å². The average Bonchev–Trinajstić information content (AvgIpc) is 3.23. The second-order valence-corrected chi connectivity index (χ2v) is 11.5. The molecule has 0 atom stereocenters. The molecular formula is C28H26F3N3O6S. The van der Waals surface area contributed by atoms with Gasteiger partial charge in [0, 0.05) is 32.5 Å². The van der Waals surface area contributed by atoms with Crippen LogP contribution >= 0.6 is 0 Å². The maximum Gasteiger partial charge on any atom is 0.573 e. The SMILES string of the molecule is NC(=O)c1cc(-c2ccc3c(c2)CNS3(=O)=O)ccc1OC1CCN(C(=O)Cc2ccc(OC(F)(F)F)cc2)CC1. The van der Waals surface area contributed by atoms with Crippen LogP contribution in [-0.2, 0) is 27.8 Å². The van der Waals surface area contributed by atoms with Gasteiger partial charge in [-0.25, -0.2) is 13.1 Å². The van der Waals surface area contributed by atoms with E-state index >= 15 is 0 Å². The van der Waals surface area contributed by atoms with Crippen molar-refractivity contribution < 1.29 is 40.7 Å². The topological polar surface area (TPSA) is 128 Å². The summed E-state index contributed by atoms with van der Waals surface area (Å²) in [6.45, 7) is 1.02. The number of ether oxygens (including phenoxy) is 2. The maximum absolute atomic E-state index is 12.7. The summed E-state index contributed by atoms with van der Waals surface area (Å²) < 4.78 is 73.5. The lowest BCUT2D eigenvalue weighted by Gasteiger charge is -2.32. The van der Waals surface area contributed by atoms with E-state index in [1.807, 2.05) is 0 Å². The predicted octanol–water partition coefficient (Wildman–Crippen LogP) is 3.76. The number of nitrogens with one attached hydrogen (secondary N) is 1. The number of primary amides is 1. The summed E-state index contributed by atoms with van der Waals surface area (Å²) in [5, 5.41) is 0. The molecule has 3 aromatic carbocycles. The van der Waals surface area contributed by atoms with Gasteiger partial charge in [-0.2, -0.15) is 0 Å². The van der Waals surface area contributed by atoms with Gasteiger partial charge >= 0.3 is 6.36 Å². The van der Waals surface area contributed by atoms with Gasteiger partial charge < -0.3 is 20.1 Å². The number of hydrogen-bond acceptors (Lipinski definition) is 6. The van der Waals surface area contributed by atoms with Crippen molar-refractivity contribution in [1.82, 2.24) is 9.62 Å². The van der Waals surface area contributed by atoms with Crippen molar-refractivity contribution in [3.05, 3.63) is 77.4 Å². The molecule has 5 rings (SSSR count). The van der Waals surface area contributed by atoms with Crippen LogP contribution in [0, 0.1) is 0 Å². The number of likely N-dealkylation sites (tertiary alicyclic amines) is 1. The summed E-state index contributed by atoms with van der Waals surface area (Å²) in [5.41, 5.74) is 8.43. The summed E-state index contributed by atoms with van der Waals surface area (Å²) in [5.74, 6) is -0.869. The molecule has 0 unspecified atom stereocenters. The molecular weight excluding hydrogens is 563 g/mol. The molecule has 0 bridgehead atoms. The largest absolute Gasteiger partial charge is 0.573 e. The Kier molecular flexibility index (Phi) is 7.66. The van der Waals surface area contributed by atoms with Gasteiger partial charge in [0.15, 0.2) is 0 Å². The fraction of sp³-hybridized carbons (Fsp3) is 0.286. The summed E-state index contributed by atoms with van der Waals surface area (Å²) in [6.07, 6.45) is -3.99. The van der Waals surface area contributed by atoms with Gasteiger partial charge in [0.1, 0.15) is 17.6 Å². The Bertz CT molecular complexity index is 1580. The number of piperidine rings is 1. The fourth-order valence-corrected chi connectivity index (χ4v) is 6.14. The first kappa shape index (κ1) is 28.4. The van der Waals surface area contributed by atoms with Crippen molar-refractivity contribution in [3.8, 4) is 22.6 Å². The molecule has 2 heterocycles. The zero-order valence-electron chi connectivity index (χ0n) is 21.6. The van der Waals surface area contributed by atoms with E-state index < -0.39 is 22.3 Å². The van der Waals surface area contributed by atoms with Gasteiger partial charge in [-0.15, -0.1) is 13.2 Å². The molecule has 2 aliphatic rings. The molecule has 0 spiro atoms. The highest BCUT2D eigenvalue weighted by atomic mass is 32.2. The Hall–Kier alpha value is -4.10. The first-order valence-electron chi connectivity index (χ1n) is 12.7. The van der Waals surface area contributed by atoms with Crippen molar-refractivity contribution in [2.24, 2.45) is 5.73 Å². The highest BCUT2D eigenvalue weighted by molar-refractivity contribution is 7.89. The number of amides is 2. The van der Waals surface area contributed by atoms with Gasteiger partial charge in [0.25, 0.3) is 5.91 Å². The van der Waals surface area contributed by atoms with Gasteiger partial charge in [0.05, 0.1) is 16.9 Å². The second-order valence-electron chi connectivity index (χ2n) is 9.79. The van der Waals surface area contributed by atoms with Gasteiger partial charge in [-0.1, -0.05) is 24.3 Å². The summed E-state index contributed by atoms with van der Waals surface area (Å²) in [7, 11) is -3.49. The van der Waals surface area contributed by atoms with Crippen molar-refractivity contribution in [1.29, 1.82) is 0 Å². The number of nitrogens with two attached hydrogens (primary N) is 1. The first-order chi connectivity index (χ1) is 19.4. The van der Waals surface area contributed by atoms with Crippen LogP contribution < -0.4 is 19.9 Å². The van der Waals surface area contributed by atoms with Crippen LogP contribution in [0.25, 0.3) is 11.1 Å². The number of rotatable bonds is 7. The Labute approximate surface area is 234 Å². The third-order valence-electron chi connectivity index (χ3n) is 6.98. The number of nitrogens with zero attached hydrogens (tertiary/aromatic N) is 1. The van der Waals surface area contributed by atoms with Crippen molar-refractivity contribution in [2.75, 3.05) is 13.1 Å². The number of alkyl halides is 3. The minimum Gasteiger partial charge on any atom is -0.489 e. The molecule has 1 fully saturated rings. The monoisotopic (exact) mass is 589 g/mol. The fourth-order valence-electron chi connectivity index (χ4n) is 4.91. The molecule has 0 saturated carbocycles. The van der Waals surface area contributed by atoms with E-state index in [0.717, 1.165) is 5.56 Å². The van der Waals surface area contributed by atoms with Crippen molar-refractivity contribution in [2.45, 2.75) is 43.2 Å². The highest BCUT2D eigenvalue weighted by Gasteiger charge is 2.31. The lowest BCUT2D eigenvalue weighted by atomic mass is 10.00. The highest BCUT2D eigenvalue weighted by Crippen LogP contribution is 2.32. The summed E-state index contributed by atoms with van der Waals surface area (Å²) in [4.78, 5) is 26.9. The second kappa shape index (κ2) is 11.1. The Morgan fingerprint density at radius 2 is 1.63 bits per heavy atom.